The van der Waals surface area contributed by atoms with Crippen molar-refractivity contribution in [1.29, 1.82) is 0 Å². The van der Waals surface area contributed by atoms with Crippen molar-refractivity contribution in [3.63, 3.8) is 0 Å². The number of rotatable bonds is 6. The molecule has 2 aromatic carbocycles. The summed E-state index contributed by atoms with van der Waals surface area (Å²) < 4.78 is 7.34. The van der Waals surface area contributed by atoms with E-state index in [9.17, 15) is 9.59 Å². The molecule has 3 aromatic rings. The summed E-state index contributed by atoms with van der Waals surface area (Å²) >= 11 is 0. The van der Waals surface area contributed by atoms with Crippen LogP contribution in [-0.4, -0.2) is 52.5 Å². The van der Waals surface area contributed by atoms with Crippen LogP contribution in [0.15, 0.2) is 47.4 Å². The van der Waals surface area contributed by atoms with Crippen LogP contribution >= 0.6 is 0 Å². The van der Waals surface area contributed by atoms with Gasteiger partial charge in [-0.3, -0.25) is 9.59 Å². The molecular formula is C26H30N4O3. The van der Waals surface area contributed by atoms with Crippen LogP contribution in [0.1, 0.15) is 29.5 Å². The van der Waals surface area contributed by atoms with Crippen molar-refractivity contribution < 1.29 is 9.53 Å². The summed E-state index contributed by atoms with van der Waals surface area (Å²) in [5.41, 5.74) is 5.05. The molecule has 7 heteroatoms. The predicted octanol–water partition coefficient (Wildman–Crippen LogP) is 2.46. The number of aryl methyl sites for hydroxylation is 1. The third-order valence-electron chi connectivity index (χ3n) is 6.73. The number of nitrogens with zero attached hydrogens (tertiary/aromatic N) is 3. The van der Waals surface area contributed by atoms with Gasteiger partial charge in [-0.05, 0) is 62.2 Å². The molecule has 7 nitrogen and oxygen atoms in total. The number of Topliss-reactive ketones (excluding diaryl/α,β-unsaturated/α-hetero) is 1. The average molecular weight is 447 g/mol. The Labute approximate surface area is 193 Å². The van der Waals surface area contributed by atoms with Crippen molar-refractivity contribution in [2.45, 2.75) is 45.3 Å². The first-order valence-electron chi connectivity index (χ1n) is 11.7. The summed E-state index contributed by atoms with van der Waals surface area (Å²) in [5, 5.41) is 3.67. The van der Waals surface area contributed by atoms with Gasteiger partial charge in [0, 0.05) is 37.7 Å². The first-order chi connectivity index (χ1) is 16.0. The van der Waals surface area contributed by atoms with Gasteiger partial charge in [-0.25, -0.2) is 4.98 Å². The van der Waals surface area contributed by atoms with Gasteiger partial charge < -0.3 is 19.5 Å². The van der Waals surface area contributed by atoms with Crippen LogP contribution in [0.25, 0.3) is 11.0 Å². The molecule has 5 rings (SSSR count). The Morgan fingerprint density at radius 2 is 1.94 bits per heavy atom. The Bertz CT molecular complexity index is 1230. The van der Waals surface area contributed by atoms with E-state index in [1.54, 1.807) is 0 Å². The van der Waals surface area contributed by atoms with Crippen molar-refractivity contribution >= 4 is 16.8 Å². The maximum atomic E-state index is 12.4. The standard InChI is InChI=1S/C26H30N4O3/c1-18-2-4-23-24(12-18)30(26(32)16-28-23)11-10-29-8-6-21(7-9-29)27-15-19-3-5-25-20(13-19)14-22(31)17-33-25/h2-5,12-13,16,21,27H,6-11,14-15,17H2,1H3. The summed E-state index contributed by atoms with van der Waals surface area (Å²) in [6.45, 7) is 6.59. The highest BCUT2D eigenvalue weighted by molar-refractivity contribution is 5.84. The summed E-state index contributed by atoms with van der Waals surface area (Å²) in [5.74, 6) is 0.972. The van der Waals surface area contributed by atoms with Crippen LogP contribution in [0, 0.1) is 6.92 Å². The summed E-state index contributed by atoms with van der Waals surface area (Å²) in [6.07, 6.45) is 4.06. The number of fused-ring (bicyclic) bond motifs is 2. The van der Waals surface area contributed by atoms with Crippen LogP contribution in [0.4, 0.5) is 0 Å². The Morgan fingerprint density at radius 3 is 2.79 bits per heavy atom. The van der Waals surface area contributed by atoms with Crippen molar-refractivity contribution in [2.24, 2.45) is 0 Å². The Kier molecular flexibility index (Phi) is 6.24. The van der Waals surface area contributed by atoms with Crippen molar-refractivity contribution in [3.05, 3.63) is 69.6 Å². The molecule has 33 heavy (non-hydrogen) atoms. The highest BCUT2D eigenvalue weighted by atomic mass is 16.5. The molecule has 0 radical (unpaired) electrons. The molecule has 3 heterocycles. The SMILES string of the molecule is Cc1ccc2ncc(=O)n(CCN3CCC(NCc4ccc5c(c4)CC(=O)CO5)CC3)c2c1. The van der Waals surface area contributed by atoms with Gasteiger partial charge in [0.25, 0.3) is 5.56 Å². The van der Waals surface area contributed by atoms with Crippen LogP contribution < -0.4 is 15.6 Å². The molecule has 0 aliphatic carbocycles. The summed E-state index contributed by atoms with van der Waals surface area (Å²) in [6, 6.07) is 12.7. The zero-order chi connectivity index (χ0) is 22.8. The van der Waals surface area contributed by atoms with E-state index >= 15 is 0 Å². The van der Waals surface area contributed by atoms with Gasteiger partial charge in [-0.1, -0.05) is 18.2 Å². The van der Waals surface area contributed by atoms with E-state index in [0.717, 1.165) is 66.9 Å². The smallest absolute Gasteiger partial charge is 0.269 e. The molecule has 0 unspecified atom stereocenters. The van der Waals surface area contributed by atoms with Crippen LogP contribution in [0.5, 0.6) is 5.75 Å². The average Bonchev–Trinajstić information content (AvgIpc) is 2.82. The molecule has 2 aliphatic rings. The Morgan fingerprint density at radius 1 is 1.09 bits per heavy atom. The number of likely N-dealkylation sites (tertiary alicyclic amines) is 1. The molecule has 2 aliphatic heterocycles. The number of hydrogen-bond donors (Lipinski definition) is 1. The van der Waals surface area contributed by atoms with E-state index in [1.807, 2.05) is 35.8 Å². The van der Waals surface area contributed by atoms with Gasteiger partial charge in [0.1, 0.15) is 12.4 Å². The molecule has 1 fully saturated rings. The number of piperidine rings is 1. The predicted molar refractivity (Wildman–Crippen MR) is 128 cm³/mol. The second kappa shape index (κ2) is 9.45. The molecule has 0 saturated carbocycles. The molecule has 0 atom stereocenters. The highest BCUT2D eigenvalue weighted by Gasteiger charge is 2.20. The second-order valence-corrected chi connectivity index (χ2v) is 9.18. The quantitative estimate of drug-likeness (QED) is 0.627. The van der Waals surface area contributed by atoms with Gasteiger partial charge >= 0.3 is 0 Å². The number of nitrogens with one attached hydrogen (secondary N) is 1. The fourth-order valence-corrected chi connectivity index (χ4v) is 4.81. The largest absolute Gasteiger partial charge is 0.486 e. The maximum Gasteiger partial charge on any atom is 0.269 e. The third kappa shape index (κ3) is 4.99. The fraction of sp³-hybridized carbons (Fsp3) is 0.423. The van der Waals surface area contributed by atoms with E-state index < -0.39 is 0 Å². The van der Waals surface area contributed by atoms with E-state index in [4.69, 9.17) is 4.74 Å². The molecular weight excluding hydrogens is 416 g/mol. The zero-order valence-electron chi connectivity index (χ0n) is 19.0. The molecule has 1 saturated heterocycles. The Balaban J connectivity index is 1.13. The van der Waals surface area contributed by atoms with Crippen LogP contribution in [0.2, 0.25) is 0 Å². The second-order valence-electron chi connectivity index (χ2n) is 9.18. The van der Waals surface area contributed by atoms with Gasteiger partial charge in [0.2, 0.25) is 0 Å². The molecule has 1 N–H and O–H groups in total. The van der Waals surface area contributed by atoms with Gasteiger partial charge in [0.05, 0.1) is 17.2 Å². The lowest BCUT2D eigenvalue weighted by atomic mass is 10.0. The van der Waals surface area contributed by atoms with E-state index in [1.165, 1.54) is 11.8 Å². The lowest BCUT2D eigenvalue weighted by Crippen LogP contribution is -2.43. The minimum atomic E-state index is -0.0400. The fourth-order valence-electron chi connectivity index (χ4n) is 4.81. The Hall–Kier alpha value is -3.03. The number of carbonyl (C=O) groups is 1. The summed E-state index contributed by atoms with van der Waals surface area (Å²) in [4.78, 5) is 30.8. The number of aromatic nitrogens is 2. The van der Waals surface area contributed by atoms with Crippen molar-refractivity contribution in [2.75, 3.05) is 26.2 Å². The zero-order valence-corrected chi connectivity index (χ0v) is 19.0. The minimum absolute atomic E-state index is 0.0400. The molecule has 172 valence electrons. The van der Waals surface area contributed by atoms with Gasteiger partial charge in [-0.2, -0.15) is 0 Å². The topological polar surface area (TPSA) is 76.5 Å². The number of carbonyl (C=O) groups excluding carboxylic acids is 1. The lowest BCUT2D eigenvalue weighted by Gasteiger charge is -2.32. The number of ketones is 1. The first kappa shape index (κ1) is 21.8. The van der Waals surface area contributed by atoms with Gasteiger partial charge in [0.15, 0.2) is 5.78 Å². The van der Waals surface area contributed by atoms with Crippen LogP contribution in [-0.2, 0) is 24.3 Å². The molecule has 1 aromatic heterocycles. The number of benzene rings is 2. The van der Waals surface area contributed by atoms with Crippen LogP contribution in [0.3, 0.4) is 0 Å². The summed E-state index contributed by atoms with van der Waals surface area (Å²) in [7, 11) is 0. The monoisotopic (exact) mass is 446 g/mol. The van der Waals surface area contributed by atoms with E-state index in [-0.39, 0.29) is 17.9 Å². The lowest BCUT2D eigenvalue weighted by molar-refractivity contribution is -0.121. The minimum Gasteiger partial charge on any atom is -0.486 e. The first-order valence-corrected chi connectivity index (χ1v) is 11.7. The number of ether oxygens (including phenoxy) is 1. The van der Waals surface area contributed by atoms with E-state index in [2.05, 4.69) is 27.3 Å². The highest BCUT2D eigenvalue weighted by Crippen LogP contribution is 2.24. The number of hydrogen-bond acceptors (Lipinski definition) is 6. The maximum absolute atomic E-state index is 12.4. The molecule has 0 bridgehead atoms. The van der Waals surface area contributed by atoms with E-state index in [0.29, 0.717) is 19.0 Å². The van der Waals surface area contributed by atoms with Crippen molar-refractivity contribution in [3.8, 4) is 5.75 Å². The molecule has 0 spiro atoms. The van der Waals surface area contributed by atoms with Crippen molar-refractivity contribution in [1.82, 2.24) is 19.8 Å². The van der Waals surface area contributed by atoms with Gasteiger partial charge in [-0.15, -0.1) is 0 Å². The third-order valence-corrected chi connectivity index (χ3v) is 6.73. The normalized spacial score (nSPS) is 17.2. The molecule has 0 amide bonds.